The van der Waals surface area contributed by atoms with E-state index in [-0.39, 0.29) is 36.0 Å². The molecule has 172 valence electrons. The van der Waals surface area contributed by atoms with E-state index in [2.05, 4.69) is 13.8 Å². The molecule has 2 unspecified atom stereocenters. The average Bonchev–Trinajstić information content (AvgIpc) is 2.64. The van der Waals surface area contributed by atoms with Crippen LogP contribution < -0.4 is 34.7 Å². The third kappa shape index (κ3) is 17.6. The van der Waals surface area contributed by atoms with Gasteiger partial charge in [0.2, 0.25) is 0 Å². The Hall–Kier alpha value is -0.100. The Bertz CT molecular complexity index is 439. The molecule has 0 radical (unpaired) electrons. The third-order valence-corrected chi connectivity index (χ3v) is 5.53. The molecule has 0 aliphatic heterocycles. The number of hydrogen-bond donors (Lipinski definition) is 1. The summed E-state index contributed by atoms with van der Waals surface area (Å²) in [7, 11) is 0. The second-order valence-corrected chi connectivity index (χ2v) is 9.14. The van der Waals surface area contributed by atoms with Crippen molar-refractivity contribution in [1.82, 2.24) is 0 Å². The summed E-state index contributed by atoms with van der Waals surface area (Å²) < 4.78 is 4.93. The van der Waals surface area contributed by atoms with E-state index in [1.54, 1.807) is 0 Å². The fourth-order valence-corrected chi connectivity index (χ4v) is 3.46. The van der Waals surface area contributed by atoms with Crippen LogP contribution >= 0.6 is 0 Å². The quantitative estimate of drug-likeness (QED) is 0.190. The minimum Gasteiger partial charge on any atom is -0.546 e. The van der Waals surface area contributed by atoms with Crippen LogP contribution in [0.25, 0.3) is 0 Å². The van der Waals surface area contributed by atoms with E-state index in [9.17, 15) is 19.8 Å². The maximum Gasteiger partial charge on any atom is 1.00 e. The maximum atomic E-state index is 11.5. The Morgan fingerprint density at radius 1 is 0.800 bits per heavy atom. The number of ether oxygens (including phenoxy) is 1. The van der Waals surface area contributed by atoms with Crippen molar-refractivity contribution in [3.05, 3.63) is 0 Å². The molecule has 0 spiro atoms. The fourth-order valence-electron chi connectivity index (χ4n) is 3.46. The van der Waals surface area contributed by atoms with Crippen molar-refractivity contribution in [2.75, 3.05) is 0 Å². The van der Waals surface area contributed by atoms with Crippen molar-refractivity contribution in [1.29, 1.82) is 0 Å². The molecule has 6 heteroatoms. The molecule has 0 saturated carbocycles. The number of carbonyl (C=O) groups is 2. The van der Waals surface area contributed by atoms with Gasteiger partial charge in [-0.3, -0.25) is 0 Å². The first-order chi connectivity index (χ1) is 13.7. The molecule has 0 aromatic carbocycles. The molecule has 0 saturated heterocycles. The first-order valence-electron chi connectivity index (χ1n) is 11.8. The van der Waals surface area contributed by atoms with Gasteiger partial charge in [-0.25, -0.2) is 4.79 Å². The molecule has 5 nitrogen and oxygen atoms in total. The van der Waals surface area contributed by atoms with Crippen molar-refractivity contribution < 1.29 is 54.1 Å². The largest absolute Gasteiger partial charge is 1.00 e. The number of aliphatic hydroxyl groups excluding tert-OH is 1. The number of carboxylic acids is 1. The molecule has 1 N–H and O–H groups in total. The van der Waals surface area contributed by atoms with E-state index in [4.69, 9.17) is 4.74 Å². The summed E-state index contributed by atoms with van der Waals surface area (Å²) in [5.41, 5.74) is -1.66. The Kier molecular flexibility index (Phi) is 20.9. The van der Waals surface area contributed by atoms with Gasteiger partial charge in [-0.05, 0) is 32.6 Å². The van der Waals surface area contributed by atoms with Gasteiger partial charge in [0.05, 0.1) is 5.97 Å². The molecule has 0 aromatic rings. The van der Waals surface area contributed by atoms with E-state index >= 15 is 0 Å². The molecule has 0 rings (SSSR count). The number of rotatable bonds is 19. The van der Waals surface area contributed by atoms with Crippen molar-refractivity contribution in [3.8, 4) is 0 Å². The topological polar surface area (TPSA) is 86.7 Å². The van der Waals surface area contributed by atoms with Crippen LogP contribution in [0.3, 0.4) is 0 Å². The van der Waals surface area contributed by atoms with Gasteiger partial charge in [-0.15, -0.1) is 0 Å². The predicted octanol–water partition coefficient (Wildman–Crippen LogP) is 1.93. The number of aliphatic hydroxyl groups is 1. The first kappa shape index (κ1) is 32.1. The van der Waals surface area contributed by atoms with Crippen molar-refractivity contribution >= 4 is 11.9 Å². The van der Waals surface area contributed by atoms with E-state index in [1.807, 2.05) is 0 Å². The minimum absolute atomic E-state index is 0. The molecule has 0 fully saturated rings. The predicted molar refractivity (Wildman–Crippen MR) is 115 cm³/mol. The molecule has 0 aliphatic rings. The number of hydrogen-bond acceptors (Lipinski definition) is 5. The number of esters is 1. The van der Waals surface area contributed by atoms with Crippen molar-refractivity contribution in [2.45, 2.75) is 136 Å². The van der Waals surface area contributed by atoms with Crippen LogP contribution in [0, 0.1) is 5.92 Å². The van der Waals surface area contributed by atoms with Gasteiger partial charge in [-0.1, -0.05) is 97.3 Å². The Labute approximate surface area is 207 Å². The molecule has 0 amide bonds. The summed E-state index contributed by atoms with van der Waals surface area (Å²) in [4.78, 5) is 22.8. The summed E-state index contributed by atoms with van der Waals surface area (Å²) in [5, 5.41) is 20.5. The Balaban J connectivity index is 0. The van der Waals surface area contributed by atoms with E-state index in [0.717, 1.165) is 25.2 Å². The molecule has 0 bridgehead atoms. The van der Waals surface area contributed by atoms with Crippen LogP contribution in [0.4, 0.5) is 0 Å². The number of carbonyl (C=O) groups excluding carboxylic acids is 2. The standard InChI is InChI=1S/C24H46O5.Na/c1-20(2)18-16-14-12-10-8-6-5-7-9-11-13-15-17-19-24(4,23(27)28)29-22(26)21(3)25;/h20-21,25H,5-19H2,1-4H3,(H,27,28);/q;+1/p-1. The van der Waals surface area contributed by atoms with Gasteiger partial charge < -0.3 is 19.7 Å². The number of unbranched alkanes of at least 4 members (excludes halogenated alkanes) is 12. The van der Waals surface area contributed by atoms with Crippen LogP contribution in [0.1, 0.15) is 124 Å². The van der Waals surface area contributed by atoms with Gasteiger partial charge in [0.25, 0.3) is 0 Å². The average molecular weight is 437 g/mol. The molecular weight excluding hydrogens is 391 g/mol. The smallest absolute Gasteiger partial charge is 0.546 e. The van der Waals surface area contributed by atoms with Crippen molar-refractivity contribution in [3.63, 3.8) is 0 Å². The van der Waals surface area contributed by atoms with Gasteiger partial charge in [0.1, 0.15) is 11.7 Å². The van der Waals surface area contributed by atoms with Crippen LogP contribution in [-0.2, 0) is 14.3 Å². The second kappa shape index (κ2) is 19.6. The fraction of sp³-hybridized carbons (Fsp3) is 0.917. The summed E-state index contributed by atoms with van der Waals surface area (Å²) in [6.07, 6.45) is 16.0. The molecule has 0 aromatic heterocycles. The van der Waals surface area contributed by atoms with Crippen LogP contribution in [0.15, 0.2) is 0 Å². The number of carboxylic acid groups (broad SMARTS) is 1. The van der Waals surface area contributed by atoms with Gasteiger partial charge in [0, 0.05) is 0 Å². The summed E-state index contributed by atoms with van der Waals surface area (Å²) >= 11 is 0. The van der Waals surface area contributed by atoms with Gasteiger partial charge in [-0.2, -0.15) is 0 Å². The number of aliphatic carboxylic acids is 1. The van der Waals surface area contributed by atoms with Crippen LogP contribution in [-0.4, -0.2) is 28.8 Å². The SMILES string of the molecule is CC(C)CCCCCCCCCCCCCCCC(C)(OC(=O)C(C)O)C(=O)[O-].[Na+]. The summed E-state index contributed by atoms with van der Waals surface area (Å²) in [5.74, 6) is -1.50. The van der Waals surface area contributed by atoms with E-state index in [1.165, 1.54) is 78.1 Å². The summed E-state index contributed by atoms with van der Waals surface area (Å²) in [6, 6.07) is 0. The normalized spacial score (nSPS) is 14.1. The summed E-state index contributed by atoms with van der Waals surface area (Å²) in [6.45, 7) is 7.18. The third-order valence-electron chi connectivity index (χ3n) is 5.53. The zero-order valence-corrected chi connectivity index (χ0v) is 22.3. The zero-order chi connectivity index (χ0) is 22.1. The Morgan fingerprint density at radius 2 is 1.17 bits per heavy atom. The van der Waals surface area contributed by atoms with Gasteiger partial charge >= 0.3 is 35.5 Å². The minimum atomic E-state index is -1.66. The monoisotopic (exact) mass is 436 g/mol. The zero-order valence-electron chi connectivity index (χ0n) is 20.3. The Morgan fingerprint density at radius 3 is 1.50 bits per heavy atom. The molecular formula is C24H45NaO5. The molecule has 0 heterocycles. The first-order valence-corrected chi connectivity index (χ1v) is 11.8. The molecule has 30 heavy (non-hydrogen) atoms. The van der Waals surface area contributed by atoms with E-state index < -0.39 is 23.6 Å². The van der Waals surface area contributed by atoms with Gasteiger partial charge in [0.15, 0.2) is 0 Å². The molecule has 0 aliphatic carbocycles. The molecule has 2 atom stereocenters. The van der Waals surface area contributed by atoms with Crippen molar-refractivity contribution in [2.24, 2.45) is 5.92 Å². The van der Waals surface area contributed by atoms with E-state index in [0.29, 0.717) is 6.42 Å². The van der Waals surface area contributed by atoms with Crippen LogP contribution in [0.2, 0.25) is 0 Å². The maximum absolute atomic E-state index is 11.5. The second-order valence-electron chi connectivity index (χ2n) is 9.14. The van der Waals surface area contributed by atoms with Crippen LogP contribution in [0.5, 0.6) is 0 Å².